The topological polar surface area (TPSA) is 75.4 Å². The molecule has 2 bridgehead atoms. The number of hydrogen-bond acceptors (Lipinski definition) is 3. The van der Waals surface area contributed by atoms with Gasteiger partial charge in [0.2, 0.25) is 11.8 Å². The Bertz CT molecular complexity index is 345. The molecule has 2 heterocycles. The fourth-order valence-corrected chi connectivity index (χ4v) is 3.19. The summed E-state index contributed by atoms with van der Waals surface area (Å²) >= 11 is 0. The van der Waals surface area contributed by atoms with E-state index in [0.29, 0.717) is 18.5 Å². The molecule has 2 aliphatic rings. The van der Waals surface area contributed by atoms with Gasteiger partial charge < -0.3 is 16.0 Å². The van der Waals surface area contributed by atoms with Crippen molar-refractivity contribution in [1.29, 1.82) is 0 Å². The third kappa shape index (κ3) is 3.47. The summed E-state index contributed by atoms with van der Waals surface area (Å²) in [4.78, 5) is 25.2. The molecular formula is C14H24N3O2. The number of carbonyl (C=O) groups excluding carboxylic acids is 2. The molecule has 1 radical (unpaired) electrons. The summed E-state index contributed by atoms with van der Waals surface area (Å²) < 4.78 is 0. The molecule has 2 saturated heterocycles. The normalized spacial score (nSPS) is 32.0. The van der Waals surface area contributed by atoms with Crippen LogP contribution in [-0.2, 0) is 9.59 Å². The maximum atomic E-state index is 11.8. The van der Waals surface area contributed by atoms with Gasteiger partial charge >= 0.3 is 0 Å². The highest BCUT2D eigenvalue weighted by Gasteiger charge is 2.38. The van der Waals surface area contributed by atoms with E-state index in [1.807, 2.05) is 0 Å². The maximum absolute atomic E-state index is 11.8. The van der Waals surface area contributed by atoms with Gasteiger partial charge in [0.1, 0.15) is 0 Å². The highest BCUT2D eigenvalue weighted by molar-refractivity contribution is 5.86. The van der Waals surface area contributed by atoms with Crippen LogP contribution in [0.1, 0.15) is 39.0 Å². The molecule has 2 fully saturated rings. The Labute approximate surface area is 114 Å². The number of nitrogens with two attached hydrogens (primary N) is 1. The van der Waals surface area contributed by atoms with Crippen molar-refractivity contribution >= 4 is 11.8 Å². The van der Waals surface area contributed by atoms with Gasteiger partial charge in [0.25, 0.3) is 0 Å². The van der Waals surface area contributed by atoms with Crippen LogP contribution in [0.3, 0.4) is 0 Å². The first kappa shape index (κ1) is 14.3. The quantitative estimate of drug-likeness (QED) is 0.758. The van der Waals surface area contributed by atoms with Gasteiger partial charge in [0, 0.05) is 24.0 Å². The smallest absolute Gasteiger partial charge is 0.224 e. The summed E-state index contributed by atoms with van der Waals surface area (Å²) in [6, 6.07) is 1.52. The number of primary amides is 1. The van der Waals surface area contributed by atoms with E-state index in [-0.39, 0.29) is 23.8 Å². The number of amides is 2. The first-order chi connectivity index (χ1) is 8.97. The molecule has 0 aromatic rings. The van der Waals surface area contributed by atoms with Gasteiger partial charge in [0.05, 0.1) is 6.42 Å². The molecule has 5 heteroatoms. The molecule has 2 aliphatic heterocycles. The van der Waals surface area contributed by atoms with Crippen LogP contribution in [0.4, 0.5) is 0 Å². The van der Waals surface area contributed by atoms with Crippen molar-refractivity contribution in [3.05, 3.63) is 6.42 Å². The van der Waals surface area contributed by atoms with Gasteiger partial charge in [-0.25, -0.2) is 0 Å². The lowest BCUT2D eigenvalue weighted by Gasteiger charge is -2.36. The summed E-state index contributed by atoms with van der Waals surface area (Å²) in [7, 11) is 2.18. The van der Waals surface area contributed by atoms with Crippen molar-refractivity contribution in [2.45, 2.75) is 57.2 Å². The number of carbonyl (C=O) groups is 2. The van der Waals surface area contributed by atoms with E-state index in [0.717, 1.165) is 12.8 Å². The Balaban J connectivity index is 1.73. The highest BCUT2D eigenvalue weighted by Crippen LogP contribution is 2.34. The number of piperidine rings is 1. The van der Waals surface area contributed by atoms with Gasteiger partial charge in [-0.1, -0.05) is 6.92 Å². The van der Waals surface area contributed by atoms with Crippen molar-refractivity contribution in [3.63, 3.8) is 0 Å². The standard InChI is InChI=1S/C14H24N3O2/c1-9(14(15)19)3-6-13(18)16-10-7-11-4-5-12(8-10)17(11)2/h6,9-12H,3-5,7-8H2,1-2H3,(H2,15,19)(H,16,18)/t9-,10?,11-,12+/m0/s1. The van der Waals surface area contributed by atoms with E-state index < -0.39 is 0 Å². The number of fused-ring (bicyclic) bond motifs is 2. The molecule has 2 rings (SSSR count). The first-order valence-electron chi connectivity index (χ1n) is 7.12. The minimum Gasteiger partial charge on any atom is -0.369 e. The molecule has 0 aliphatic carbocycles. The first-order valence-corrected chi connectivity index (χ1v) is 7.12. The van der Waals surface area contributed by atoms with Gasteiger partial charge in [-0.3, -0.25) is 9.59 Å². The maximum Gasteiger partial charge on any atom is 0.224 e. The summed E-state index contributed by atoms with van der Waals surface area (Å²) in [6.45, 7) is 1.74. The van der Waals surface area contributed by atoms with Crippen LogP contribution < -0.4 is 11.1 Å². The van der Waals surface area contributed by atoms with Crippen LogP contribution in [0.15, 0.2) is 0 Å². The average Bonchev–Trinajstić information content (AvgIpc) is 2.59. The molecule has 4 atom stereocenters. The molecule has 19 heavy (non-hydrogen) atoms. The van der Waals surface area contributed by atoms with Gasteiger partial charge in [0.15, 0.2) is 0 Å². The molecular weight excluding hydrogens is 242 g/mol. The second-order valence-electron chi connectivity index (χ2n) is 5.97. The zero-order valence-electron chi connectivity index (χ0n) is 11.8. The SMILES string of the molecule is C[C@@H](C[CH]C(=O)NC1C[C@H]2CC[C@@H](C1)N2C)C(N)=O. The number of nitrogens with zero attached hydrogens (tertiary/aromatic N) is 1. The van der Waals surface area contributed by atoms with E-state index in [1.165, 1.54) is 12.8 Å². The third-order valence-electron chi connectivity index (χ3n) is 4.59. The van der Waals surface area contributed by atoms with Crippen LogP contribution in [0, 0.1) is 12.3 Å². The summed E-state index contributed by atoms with van der Waals surface area (Å²) in [5, 5.41) is 3.06. The van der Waals surface area contributed by atoms with Crippen LogP contribution in [-0.4, -0.2) is 41.9 Å². The summed E-state index contributed by atoms with van der Waals surface area (Å²) in [6.07, 6.45) is 6.54. The zero-order chi connectivity index (χ0) is 14.0. The Morgan fingerprint density at radius 3 is 2.47 bits per heavy atom. The van der Waals surface area contributed by atoms with Gasteiger partial charge in [-0.05, 0) is 39.2 Å². The largest absolute Gasteiger partial charge is 0.369 e. The van der Waals surface area contributed by atoms with E-state index in [9.17, 15) is 9.59 Å². The second kappa shape index (κ2) is 5.90. The van der Waals surface area contributed by atoms with E-state index >= 15 is 0 Å². The van der Waals surface area contributed by atoms with Crippen molar-refractivity contribution in [1.82, 2.24) is 10.2 Å². The Morgan fingerprint density at radius 1 is 1.37 bits per heavy atom. The molecule has 0 aromatic carbocycles. The number of hydrogen-bond donors (Lipinski definition) is 2. The fraction of sp³-hybridized carbons (Fsp3) is 0.786. The monoisotopic (exact) mass is 266 g/mol. The highest BCUT2D eigenvalue weighted by atomic mass is 16.2. The van der Waals surface area contributed by atoms with E-state index in [2.05, 4.69) is 17.3 Å². The van der Waals surface area contributed by atoms with Gasteiger partial charge in [-0.15, -0.1) is 0 Å². The van der Waals surface area contributed by atoms with Crippen LogP contribution >= 0.6 is 0 Å². The molecule has 1 unspecified atom stereocenters. The predicted molar refractivity (Wildman–Crippen MR) is 73.0 cm³/mol. The number of nitrogens with one attached hydrogen (secondary N) is 1. The minimum atomic E-state index is -0.360. The Hall–Kier alpha value is -1.10. The third-order valence-corrected chi connectivity index (χ3v) is 4.59. The molecule has 3 N–H and O–H groups in total. The van der Waals surface area contributed by atoms with E-state index in [1.54, 1.807) is 13.3 Å². The van der Waals surface area contributed by atoms with Crippen molar-refractivity contribution in [2.75, 3.05) is 7.05 Å². The van der Waals surface area contributed by atoms with Crippen LogP contribution in [0.2, 0.25) is 0 Å². The molecule has 5 nitrogen and oxygen atoms in total. The number of rotatable bonds is 5. The molecule has 0 saturated carbocycles. The average molecular weight is 266 g/mol. The van der Waals surface area contributed by atoms with Crippen molar-refractivity contribution in [3.8, 4) is 0 Å². The van der Waals surface area contributed by atoms with Crippen molar-refractivity contribution < 1.29 is 9.59 Å². The minimum absolute atomic E-state index is 0.0675. The Morgan fingerprint density at radius 2 is 1.95 bits per heavy atom. The molecule has 0 spiro atoms. The lowest BCUT2D eigenvalue weighted by molar-refractivity contribution is -0.121. The van der Waals surface area contributed by atoms with Crippen molar-refractivity contribution in [2.24, 2.45) is 11.7 Å². The fourth-order valence-electron chi connectivity index (χ4n) is 3.19. The molecule has 0 aromatic heterocycles. The summed E-state index contributed by atoms with van der Waals surface area (Å²) in [5.41, 5.74) is 5.17. The van der Waals surface area contributed by atoms with Crippen LogP contribution in [0.25, 0.3) is 0 Å². The lowest BCUT2D eigenvalue weighted by Crippen LogP contribution is -2.48. The molecule has 107 valence electrons. The summed E-state index contributed by atoms with van der Waals surface area (Å²) in [5.74, 6) is -0.706. The van der Waals surface area contributed by atoms with E-state index in [4.69, 9.17) is 5.73 Å². The zero-order valence-corrected chi connectivity index (χ0v) is 11.8. The second-order valence-corrected chi connectivity index (χ2v) is 5.97. The Kier molecular flexibility index (Phi) is 4.45. The predicted octanol–water partition coefficient (Wildman–Crippen LogP) is 0.444. The van der Waals surface area contributed by atoms with Gasteiger partial charge in [-0.2, -0.15) is 0 Å². The lowest BCUT2D eigenvalue weighted by atomic mass is 9.97. The molecule has 2 amide bonds. The van der Waals surface area contributed by atoms with Crippen LogP contribution in [0.5, 0.6) is 0 Å².